The molecule has 0 fully saturated rings. The number of hydrazine groups is 1. The maximum atomic E-state index is 6.17. The quantitative estimate of drug-likeness (QED) is 0.270. The predicted octanol–water partition coefficient (Wildman–Crippen LogP) is 8.03. The number of hydrogen-bond donors (Lipinski definition) is 1. The Kier molecular flexibility index (Phi) is 5.37. The van der Waals surface area contributed by atoms with Crippen molar-refractivity contribution in [2.24, 2.45) is 5.10 Å². The molecule has 7 rings (SSSR count). The van der Waals surface area contributed by atoms with Gasteiger partial charge in [0, 0.05) is 11.3 Å². The Labute approximate surface area is 221 Å². The van der Waals surface area contributed by atoms with Crippen LogP contribution in [0.4, 0.5) is 22.7 Å². The summed E-state index contributed by atoms with van der Waals surface area (Å²) >= 11 is 0. The van der Waals surface area contributed by atoms with Crippen molar-refractivity contribution in [1.29, 1.82) is 0 Å². The zero-order valence-corrected chi connectivity index (χ0v) is 20.5. The lowest BCUT2D eigenvalue weighted by Gasteiger charge is -2.33. The van der Waals surface area contributed by atoms with Crippen LogP contribution in [0.3, 0.4) is 0 Å². The molecule has 2 aliphatic rings. The molecule has 0 aromatic heterocycles. The molecule has 1 N–H and O–H groups in total. The van der Waals surface area contributed by atoms with E-state index < -0.39 is 0 Å². The number of allylic oxidation sites excluding steroid dienone is 1. The number of ether oxygens (including phenoxy) is 1. The van der Waals surface area contributed by atoms with Crippen molar-refractivity contribution in [2.75, 3.05) is 10.0 Å². The summed E-state index contributed by atoms with van der Waals surface area (Å²) in [6.07, 6.45) is 2.09. The highest BCUT2D eigenvalue weighted by atomic mass is 16.5. The van der Waals surface area contributed by atoms with Crippen molar-refractivity contribution in [3.8, 4) is 11.5 Å². The summed E-state index contributed by atoms with van der Waals surface area (Å²) in [5.41, 5.74) is 11.5. The van der Waals surface area contributed by atoms with E-state index in [1.54, 1.807) is 0 Å². The van der Waals surface area contributed by atoms with Crippen molar-refractivity contribution in [3.63, 3.8) is 0 Å². The minimum Gasteiger partial charge on any atom is -0.453 e. The van der Waals surface area contributed by atoms with Gasteiger partial charge in [0.05, 0.1) is 28.5 Å². The highest BCUT2D eigenvalue weighted by Crippen LogP contribution is 2.50. The summed E-state index contributed by atoms with van der Waals surface area (Å²) in [5, 5.41) is 6.78. The van der Waals surface area contributed by atoms with Crippen molar-refractivity contribution in [1.82, 2.24) is 5.43 Å². The number of benzene rings is 5. The SMILES string of the molecule is C1=C(c2ccccc2)NN(c2ccc(N3c4ccccc4Oc4ccccc43)cc2)N=C1c1ccccc1. The van der Waals surface area contributed by atoms with E-state index in [2.05, 4.69) is 77.1 Å². The molecule has 5 aromatic carbocycles. The molecule has 2 heterocycles. The number of anilines is 4. The van der Waals surface area contributed by atoms with Gasteiger partial charge in [-0.3, -0.25) is 5.43 Å². The molecule has 0 atom stereocenters. The average Bonchev–Trinajstić information content (AvgIpc) is 3.00. The fourth-order valence-electron chi connectivity index (χ4n) is 4.81. The van der Waals surface area contributed by atoms with Crippen LogP contribution in [-0.4, -0.2) is 5.71 Å². The van der Waals surface area contributed by atoms with Crippen molar-refractivity contribution in [3.05, 3.63) is 151 Å². The number of para-hydroxylation sites is 4. The Morgan fingerprint density at radius 2 is 1.05 bits per heavy atom. The zero-order chi connectivity index (χ0) is 25.3. The number of nitrogens with one attached hydrogen (secondary N) is 1. The van der Waals surface area contributed by atoms with Gasteiger partial charge in [-0.25, -0.2) is 0 Å². The topological polar surface area (TPSA) is 40.1 Å². The molecular formula is C33H24N4O. The second-order valence-corrected chi connectivity index (χ2v) is 9.09. The smallest absolute Gasteiger partial charge is 0.151 e. The molecule has 5 aromatic rings. The molecule has 182 valence electrons. The van der Waals surface area contributed by atoms with Gasteiger partial charge in [0.25, 0.3) is 0 Å². The summed E-state index contributed by atoms with van der Waals surface area (Å²) in [4.78, 5) is 2.23. The van der Waals surface area contributed by atoms with E-state index in [9.17, 15) is 0 Å². The molecule has 0 saturated heterocycles. The maximum Gasteiger partial charge on any atom is 0.151 e. The minimum atomic E-state index is 0.836. The van der Waals surface area contributed by atoms with Crippen LogP contribution < -0.4 is 20.2 Å². The van der Waals surface area contributed by atoms with Crippen molar-refractivity contribution in [2.45, 2.75) is 0 Å². The first-order chi connectivity index (χ1) is 18.8. The number of hydrogen-bond acceptors (Lipinski definition) is 5. The first kappa shape index (κ1) is 21.9. The first-order valence-corrected chi connectivity index (χ1v) is 12.6. The summed E-state index contributed by atoms with van der Waals surface area (Å²) in [7, 11) is 0. The molecule has 0 saturated carbocycles. The van der Waals surface area contributed by atoms with Crippen molar-refractivity contribution < 1.29 is 4.74 Å². The van der Waals surface area contributed by atoms with E-state index in [-0.39, 0.29) is 0 Å². The summed E-state index contributed by atoms with van der Waals surface area (Å²) < 4.78 is 6.17. The van der Waals surface area contributed by atoms with Crippen LogP contribution in [0.1, 0.15) is 11.1 Å². The van der Waals surface area contributed by atoms with E-state index >= 15 is 0 Å². The molecule has 5 heteroatoms. The van der Waals surface area contributed by atoms with E-state index in [4.69, 9.17) is 9.84 Å². The second-order valence-electron chi connectivity index (χ2n) is 9.09. The highest BCUT2D eigenvalue weighted by molar-refractivity contribution is 6.13. The molecule has 5 nitrogen and oxygen atoms in total. The van der Waals surface area contributed by atoms with E-state index in [1.807, 2.05) is 77.9 Å². The number of fused-ring (bicyclic) bond motifs is 2. The summed E-state index contributed by atoms with van der Waals surface area (Å²) in [6.45, 7) is 0. The molecule has 0 radical (unpaired) electrons. The van der Waals surface area contributed by atoms with Gasteiger partial charge in [0.2, 0.25) is 0 Å². The molecular weight excluding hydrogens is 468 g/mol. The van der Waals surface area contributed by atoms with Crippen LogP contribution in [0.15, 0.2) is 145 Å². The molecule has 0 spiro atoms. The number of nitrogens with zero attached hydrogens (tertiary/aromatic N) is 3. The van der Waals surface area contributed by atoms with Gasteiger partial charge in [0.1, 0.15) is 0 Å². The predicted molar refractivity (Wildman–Crippen MR) is 154 cm³/mol. The van der Waals surface area contributed by atoms with Gasteiger partial charge < -0.3 is 9.64 Å². The van der Waals surface area contributed by atoms with Crippen LogP contribution in [0.5, 0.6) is 11.5 Å². The van der Waals surface area contributed by atoms with Crippen LogP contribution >= 0.6 is 0 Å². The monoisotopic (exact) mass is 492 g/mol. The third-order valence-electron chi connectivity index (χ3n) is 6.65. The van der Waals surface area contributed by atoms with E-state index in [0.717, 1.165) is 56.8 Å². The van der Waals surface area contributed by atoms with Crippen LogP contribution in [-0.2, 0) is 0 Å². The van der Waals surface area contributed by atoms with Crippen LogP contribution in [0.25, 0.3) is 5.70 Å². The van der Waals surface area contributed by atoms with Crippen molar-refractivity contribution >= 4 is 34.2 Å². The van der Waals surface area contributed by atoms with Gasteiger partial charge in [-0.05, 0) is 60.2 Å². The molecule has 38 heavy (non-hydrogen) atoms. The van der Waals surface area contributed by atoms with Gasteiger partial charge >= 0.3 is 0 Å². The Bertz CT molecular complexity index is 1620. The van der Waals surface area contributed by atoms with E-state index in [1.165, 1.54) is 0 Å². The molecule has 0 unspecified atom stereocenters. The van der Waals surface area contributed by atoms with Crippen LogP contribution in [0, 0.1) is 0 Å². The van der Waals surface area contributed by atoms with Gasteiger partial charge in [-0.1, -0.05) is 84.9 Å². The van der Waals surface area contributed by atoms with Crippen LogP contribution in [0.2, 0.25) is 0 Å². The average molecular weight is 493 g/mol. The summed E-state index contributed by atoms with van der Waals surface area (Å²) in [5.74, 6) is 1.67. The van der Waals surface area contributed by atoms with Gasteiger partial charge in [-0.15, -0.1) is 0 Å². The molecule has 0 amide bonds. The normalized spacial score (nSPS) is 13.9. The third-order valence-corrected chi connectivity index (χ3v) is 6.65. The fourth-order valence-corrected chi connectivity index (χ4v) is 4.81. The number of rotatable bonds is 4. The fraction of sp³-hybridized carbons (Fsp3) is 0. The summed E-state index contributed by atoms with van der Waals surface area (Å²) in [6, 6.07) is 45.2. The lowest BCUT2D eigenvalue weighted by atomic mass is 10.1. The third kappa shape index (κ3) is 3.96. The largest absolute Gasteiger partial charge is 0.453 e. The molecule has 2 aliphatic heterocycles. The maximum absolute atomic E-state index is 6.17. The Balaban J connectivity index is 1.26. The van der Waals surface area contributed by atoms with Gasteiger partial charge in [0.15, 0.2) is 11.5 Å². The Morgan fingerprint density at radius 1 is 0.526 bits per heavy atom. The van der Waals surface area contributed by atoms with E-state index in [0.29, 0.717) is 0 Å². The van der Waals surface area contributed by atoms with Gasteiger partial charge in [-0.2, -0.15) is 10.2 Å². The first-order valence-electron chi connectivity index (χ1n) is 12.6. The lowest BCUT2D eigenvalue weighted by Crippen LogP contribution is -2.36. The molecule has 0 aliphatic carbocycles. The Hall–Kier alpha value is -5.29. The second kappa shape index (κ2) is 9.30. The zero-order valence-electron chi connectivity index (χ0n) is 20.5. The Morgan fingerprint density at radius 3 is 1.68 bits per heavy atom. The lowest BCUT2D eigenvalue weighted by molar-refractivity contribution is 0.477. The number of hydrazone groups is 1. The highest BCUT2D eigenvalue weighted by Gasteiger charge is 2.25. The molecule has 0 bridgehead atoms. The standard InChI is InChI=1S/C33H24N4O/c1-3-11-24(12-4-1)28-23-29(25-13-5-2-6-14-25)35-37(34-28)27-21-19-26(20-22-27)36-30-15-7-9-17-32(30)38-33-18-10-8-16-31(33)36/h1-23,34H. The minimum absolute atomic E-state index is 0.836.